The topological polar surface area (TPSA) is 24.9 Å². The predicted molar refractivity (Wildman–Crippen MR) is 93.1 cm³/mol. The van der Waals surface area contributed by atoms with Crippen LogP contribution < -0.4 is 5.32 Å². The summed E-state index contributed by atoms with van der Waals surface area (Å²) in [6, 6.07) is 9.58. The van der Waals surface area contributed by atoms with Crippen LogP contribution in [0, 0.1) is 6.92 Å². The maximum Gasteiger partial charge on any atom is 0.0797 e. The van der Waals surface area contributed by atoms with Gasteiger partial charge in [-0.05, 0) is 56.2 Å². The molecule has 1 atom stereocenters. The van der Waals surface area contributed by atoms with Crippen LogP contribution in [0.25, 0.3) is 0 Å². The fraction of sp³-hybridized carbons (Fsp3) is 0.471. The molecule has 0 radical (unpaired) electrons. The van der Waals surface area contributed by atoms with Gasteiger partial charge in [-0.25, -0.2) is 4.98 Å². The van der Waals surface area contributed by atoms with E-state index in [1.54, 1.807) is 11.3 Å². The largest absolute Gasteiger partial charge is 0.313 e. The first-order chi connectivity index (χ1) is 10.2. The molecule has 1 saturated carbocycles. The molecule has 1 aromatic heterocycles. The van der Waals surface area contributed by atoms with Crippen molar-refractivity contribution in [3.63, 3.8) is 0 Å². The molecular formula is C17H21BrN2S. The molecule has 1 N–H and O–H groups in total. The molecule has 3 rings (SSSR count). The first-order valence-electron chi connectivity index (χ1n) is 7.60. The third-order valence-corrected chi connectivity index (χ3v) is 5.66. The molecule has 0 aliphatic heterocycles. The summed E-state index contributed by atoms with van der Waals surface area (Å²) in [5.74, 6) is 0.584. The van der Waals surface area contributed by atoms with Gasteiger partial charge in [0, 0.05) is 21.9 Å². The number of benzene rings is 1. The number of nitrogens with zero attached hydrogens (tertiary/aromatic N) is 1. The summed E-state index contributed by atoms with van der Waals surface area (Å²) in [5, 5.41) is 3.69. The molecule has 0 saturated heterocycles. The fourth-order valence-electron chi connectivity index (χ4n) is 2.59. The number of aromatic nitrogens is 1. The van der Waals surface area contributed by atoms with Gasteiger partial charge in [-0.15, -0.1) is 11.3 Å². The van der Waals surface area contributed by atoms with Crippen molar-refractivity contribution >= 4 is 27.3 Å². The summed E-state index contributed by atoms with van der Waals surface area (Å²) in [5.41, 5.74) is 4.60. The zero-order valence-corrected chi connectivity index (χ0v) is 14.7. The number of rotatable bonds is 7. The zero-order chi connectivity index (χ0) is 14.7. The van der Waals surface area contributed by atoms with Gasteiger partial charge in [0.05, 0.1) is 11.2 Å². The molecule has 1 heterocycles. The second-order valence-electron chi connectivity index (χ2n) is 5.83. The van der Waals surface area contributed by atoms with Crippen molar-refractivity contribution < 1.29 is 0 Å². The number of thiazole rings is 1. The summed E-state index contributed by atoms with van der Waals surface area (Å²) in [7, 11) is 0. The van der Waals surface area contributed by atoms with Crippen LogP contribution in [0.3, 0.4) is 0 Å². The molecule has 21 heavy (non-hydrogen) atoms. The third kappa shape index (κ3) is 4.38. The van der Waals surface area contributed by atoms with E-state index in [1.807, 2.05) is 5.51 Å². The first-order valence-corrected chi connectivity index (χ1v) is 9.27. The Morgan fingerprint density at radius 3 is 2.71 bits per heavy atom. The van der Waals surface area contributed by atoms with Gasteiger partial charge in [0.1, 0.15) is 0 Å². The van der Waals surface area contributed by atoms with Gasteiger partial charge < -0.3 is 5.32 Å². The molecule has 4 heteroatoms. The van der Waals surface area contributed by atoms with Crippen molar-refractivity contribution in [1.29, 1.82) is 0 Å². The van der Waals surface area contributed by atoms with E-state index in [9.17, 15) is 0 Å². The molecule has 1 aromatic carbocycles. The number of hydrogen-bond acceptors (Lipinski definition) is 3. The third-order valence-electron chi connectivity index (χ3n) is 4.14. The predicted octanol–water partition coefficient (Wildman–Crippen LogP) is 4.68. The van der Waals surface area contributed by atoms with E-state index in [0.29, 0.717) is 5.92 Å². The molecule has 1 fully saturated rings. The van der Waals surface area contributed by atoms with E-state index in [0.717, 1.165) is 23.5 Å². The average molecular weight is 365 g/mol. The highest BCUT2D eigenvalue weighted by atomic mass is 79.9. The van der Waals surface area contributed by atoms with E-state index < -0.39 is 0 Å². The standard InChI is InChI=1S/C17H21BrN2S/c1-12-17(21-11-20-12)9-4-14(10-19-16-7-8-16)13-2-5-15(18)6-3-13/h2-3,5-6,11,14,16,19H,4,7-10H2,1H3. The Bertz CT molecular complexity index is 575. The molecule has 1 aliphatic rings. The maximum absolute atomic E-state index is 4.36. The van der Waals surface area contributed by atoms with Crippen LogP contribution in [0.15, 0.2) is 34.2 Å². The van der Waals surface area contributed by atoms with Crippen LogP contribution in [-0.2, 0) is 6.42 Å². The molecule has 0 spiro atoms. The average Bonchev–Trinajstić information content (AvgIpc) is 3.22. The summed E-state index contributed by atoms with van der Waals surface area (Å²) >= 11 is 5.31. The minimum atomic E-state index is 0.584. The van der Waals surface area contributed by atoms with Crippen molar-refractivity contribution in [2.45, 2.75) is 44.6 Å². The summed E-state index contributed by atoms with van der Waals surface area (Å²) in [6.45, 7) is 3.20. The second-order valence-corrected chi connectivity index (χ2v) is 7.69. The smallest absolute Gasteiger partial charge is 0.0797 e. The minimum absolute atomic E-state index is 0.584. The van der Waals surface area contributed by atoms with E-state index in [2.05, 4.69) is 57.4 Å². The van der Waals surface area contributed by atoms with Crippen LogP contribution in [0.5, 0.6) is 0 Å². The van der Waals surface area contributed by atoms with E-state index >= 15 is 0 Å². The van der Waals surface area contributed by atoms with Crippen LogP contribution in [-0.4, -0.2) is 17.6 Å². The molecular weight excluding hydrogens is 344 g/mol. The van der Waals surface area contributed by atoms with Gasteiger partial charge in [0.15, 0.2) is 0 Å². The molecule has 112 valence electrons. The first kappa shape index (κ1) is 15.2. The number of halogens is 1. The van der Waals surface area contributed by atoms with Crippen LogP contribution >= 0.6 is 27.3 Å². The highest BCUT2D eigenvalue weighted by molar-refractivity contribution is 9.10. The SMILES string of the molecule is Cc1ncsc1CCC(CNC1CC1)c1ccc(Br)cc1. The molecule has 2 aromatic rings. The Balaban J connectivity index is 1.65. The van der Waals surface area contributed by atoms with E-state index in [1.165, 1.54) is 35.4 Å². The van der Waals surface area contributed by atoms with E-state index in [-0.39, 0.29) is 0 Å². The lowest BCUT2D eigenvalue weighted by atomic mass is 9.93. The number of aryl methyl sites for hydroxylation is 2. The lowest BCUT2D eigenvalue weighted by Gasteiger charge is -2.18. The monoisotopic (exact) mass is 364 g/mol. The van der Waals surface area contributed by atoms with Crippen molar-refractivity contribution in [2.24, 2.45) is 0 Å². The van der Waals surface area contributed by atoms with Crippen LogP contribution in [0.4, 0.5) is 0 Å². The quantitative estimate of drug-likeness (QED) is 0.771. The highest BCUT2D eigenvalue weighted by Crippen LogP contribution is 2.27. The van der Waals surface area contributed by atoms with Crippen LogP contribution in [0.2, 0.25) is 0 Å². The lowest BCUT2D eigenvalue weighted by molar-refractivity contribution is 0.549. The minimum Gasteiger partial charge on any atom is -0.313 e. The molecule has 1 unspecified atom stereocenters. The normalized spacial score (nSPS) is 16.1. The Morgan fingerprint density at radius 1 is 1.33 bits per heavy atom. The van der Waals surface area contributed by atoms with Gasteiger partial charge in [-0.2, -0.15) is 0 Å². The van der Waals surface area contributed by atoms with Crippen molar-refractivity contribution in [3.05, 3.63) is 50.4 Å². The highest BCUT2D eigenvalue weighted by Gasteiger charge is 2.22. The Hall–Kier alpha value is -0.710. The van der Waals surface area contributed by atoms with Crippen molar-refractivity contribution in [3.8, 4) is 0 Å². The Kier molecular flexibility index (Phi) is 5.09. The van der Waals surface area contributed by atoms with Gasteiger partial charge in [-0.1, -0.05) is 28.1 Å². The second kappa shape index (κ2) is 7.03. The van der Waals surface area contributed by atoms with Crippen LogP contribution in [0.1, 0.15) is 41.3 Å². The zero-order valence-electron chi connectivity index (χ0n) is 12.3. The Labute approximate surface area is 139 Å². The maximum atomic E-state index is 4.36. The lowest BCUT2D eigenvalue weighted by Crippen LogP contribution is -2.24. The number of hydrogen-bond donors (Lipinski definition) is 1. The summed E-state index contributed by atoms with van der Waals surface area (Å²) in [4.78, 5) is 5.79. The summed E-state index contributed by atoms with van der Waals surface area (Å²) < 4.78 is 1.15. The molecule has 1 aliphatic carbocycles. The van der Waals surface area contributed by atoms with Gasteiger partial charge in [0.2, 0.25) is 0 Å². The van der Waals surface area contributed by atoms with Gasteiger partial charge >= 0.3 is 0 Å². The van der Waals surface area contributed by atoms with Gasteiger partial charge in [0.25, 0.3) is 0 Å². The Morgan fingerprint density at radius 2 is 2.10 bits per heavy atom. The van der Waals surface area contributed by atoms with Crippen molar-refractivity contribution in [1.82, 2.24) is 10.3 Å². The van der Waals surface area contributed by atoms with Gasteiger partial charge in [-0.3, -0.25) is 0 Å². The van der Waals surface area contributed by atoms with Crippen molar-refractivity contribution in [2.75, 3.05) is 6.54 Å². The van der Waals surface area contributed by atoms with E-state index in [4.69, 9.17) is 0 Å². The molecule has 2 nitrogen and oxygen atoms in total. The molecule has 0 bridgehead atoms. The molecule has 0 amide bonds. The number of nitrogens with one attached hydrogen (secondary N) is 1. The fourth-order valence-corrected chi connectivity index (χ4v) is 3.65. The summed E-state index contributed by atoms with van der Waals surface area (Å²) in [6.07, 6.45) is 5.01.